The average molecular weight is 264 g/mol. The van der Waals surface area contributed by atoms with Crippen LogP contribution in [0.1, 0.15) is 39.5 Å². The van der Waals surface area contributed by atoms with Gasteiger partial charge in [-0.25, -0.2) is 0 Å². The van der Waals surface area contributed by atoms with Gasteiger partial charge in [-0.1, -0.05) is 13.3 Å². The molecule has 0 heterocycles. The molecule has 1 fully saturated rings. The Kier molecular flexibility index (Phi) is 5.08. The van der Waals surface area contributed by atoms with Crippen LogP contribution in [0.3, 0.4) is 0 Å². The predicted molar refractivity (Wildman–Crippen MR) is 75.7 cm³/mol. The standard InChI is InChI=1S/C16H24O3/c1-3-12-5-10-15(17)16(11-12)19-14-8-6-13(7-9-14)18-4-2/h6-9,12,15-17H,3-5,10-11H2,1-2H3. The number of hydrogen-bond acceptors (Lipinski definition) is 3. The van der Waals surface area contributed by atoms with Gasteiger partial charge in [-0.15, -0.1) is 0 Å². The van der Waals surface area contributed by atoms with E-state index in [1.807, 2.05) is 31.2 Å². The lowest BCUT2D eigenvalue weighted by Gasteiger charge is -2.33. The highest BCUT2D eigenvalue weighted by Crippen LogP contribution is 2.30. The van der Waals surface area contributed by atoms with Crippen molar-refractivity contribution in [1.82, 2.24) is 0 Å². The van der Waals surface area contributed by atoms with Gasteiger partial charge in [-0.2, -0.15) is 0 Å². The van der Waals surface area contributed by atoms with Gasteiger partial charge in [0.25, 0.3) is 0 Å². The smallest absolute Gasteiger partial charge is 0.125 e. The van der Waals surface area contributed by atoms with Crippen molar-refractivity contribution in [3.8, 4) is 11.5 Å². The summed E-state index contributed by atoms with van der Waals surface area (Å²) in [5, 5.41) is 10.0. The van der Waals surface area contributed by atoms with E-state index in [1.54, 1.807) is 0 Å². The molecule has 106 valence electrons. The first-order valence-corrected chi connectivity index (χ1v) is 7.30. The van der Waals surface area contributed by atoms with Gasteiger partial charge < -0.3 is 14.6 Å². The van der Waals surface area contributed by atoms with Crippen molar-refractivity contribution < 1.29 is 14.6 Å². The van der Waals surface area contributed by atoms with E-state index in [-0.39, 0.29) is 12.2 Å². The largest absolute Gasteiger partial charge is 0.494 e. The summed E-state index contributed by atoms with van der Waals surface area (Å²) < 4.78 is 11.3. The lowest BCUT2D eigenvalue weighted by atomic mass is 9.84. The Morgan fingerprint density at radius 1 is 1.11 bits per heavy atom. The first kappa shape index (κ1) is 14.2. The normalized spacial score (nSPS) is 27.0. The molecule has 0 radical (unpaired) electrons. The fourth-order valence-electron chi connectivity index (χ4n) is 2.65. The van der Waals surface area contributed by atoms with Gasteiger partial charge in [-0.3, -0.25) is 0 Å². The minimum atomic E-state index is -0.339. The first-order valence-electron chi connectivity index (χ1n) is 7.30. The summed E-state index contributed by atoms with van der Waals surface area (Å²) in [6.07, 6.45) is 3.66. The van der Waals surface area contributed by atoms with Crippen LogP contribution in [0.15, 0.2) is 24.3 Å². The molecular formula is C16H24O3. The average Bonchev–Trinajstić information content (AvgIpc) is 2.44. The molecule has 0 spiro atoms. The van der Waals surface area contributed by atoms with E-state index >= 15 is 0 Å². The van der Waals surface area contributed by atoms with Crippen molar-refractivity contribution in [2.75, 3.05) is 6.61 Å². The third-order valence-corrected chi connectivity index (χ3v) is 3.87. The third-order valence-electron chi connectivity index (χ3n) is 3.87. The fraction of sp³-hybridized carbons (Fsp3) is 0.625. The van der Waals surface area contributed by atoms with E-state index < -0.39 is 0 Å². The first-order chi connectivity index (χ1) is 9.22. The van der Waals surface area contributed by atoms with Gasteiger partial charge in [0.05, 0.1) is 12.7 Å². The maximum atomic E-state index is 10.0. The van der Waals surface area contributed by atoms with Crippen molar-refractivity contribution in [3.63, 3.8) is 0 Å². The Morgan fingerprint density at radius 2 is 1.79 bits per heavy atom. The quantitative estimate of drug-likeness (QED) is 0.885. The maximum absolute atomic E-state index is 10.0. The summed E-state index contributed by atoms with van der Waals surface area (Å²) in [7, 11) is 0. The Labute approximate surface area is 115 Å². The minimum Gasteiger partial charge on any atom is -0.494 e. The third kappa shape index (κ3) is 3.87. The number of hydrogen-bond donors (Lipinski definition) is 1. The van der Waals surface area contributed by atoms with E-state index in [1.165, 1.54) is 0 Å². The van der Waals surface area contributed by atoms with Crippen LogP contribution >= 0.6 is 0 Å². The Hall–Kier alpha value is -1.22. The number of aliphatic hydroxyl groups is 1. The van der Waals surface area contributed by atoms with Crippen LogP contribution in [0.25, 0.3) is 0 Å². The van der Waals surface area contributed by atoms with Crippen LogP contribution in [-0.4, -0.2) is 23.9 Å². The SMILES string of the molecule is CCOc1ccc(OC2CC(CC)CCC2O)cc1. The monoisotopic (exact) mass is 264 g/mol. The molecule has 0 aromatic heterocycles. The summed E-state index contributed by atoms with van der Waals surface area (Å²) >= 11 is 0. The number of aliphatic hydroxyl groups excluding tert-OH is 1. The molecule has 0 saturated heterocycles. The topological polar surface area (TPSA) is 38.7 Å². The van der Waals surface area contributed by atoms with Crippen LogP contribution < -0.4 is 9.47 Å². The summed E-state index contributed by atoms with van der Waals surface area (Å²) in [5.41, 5.74) is 0. The summed E-state index contributed by atoms with van der Waals surface area (Å²) in [6, 6.07) is 7.64. The van der Waals surface area contributed by atoms with Gasteiger partial charge >= 0.3 is 0 Å². The Balaban J connectivity index is 1.95. The highest BCUT2D eigenvalue weighted by molar-refractivity contribution is 5.31. The highest BCUT2D eigenvalue weighted by Gasteiger charge is 2.29. The Morgan fingerprint density at radius 3 is 2.42 bits per heavy atom. The number of ether oxygens (including phenoxy) is 2. The van der Waals surface area contributed by atoms with Crippen LogP contribution in [-0.2, 0) is 0 Å². The van der Waals surface area contributed by atoms with E-state index in [2.05, 4.69) is 6.92 Å². The molecule has 2 rings (SSSR count). The molecule has 1 N–H and O–H groups in total. The second kappa shape index (κ2) is 6.80. The van der Waals surface area contributed by atoms with Crippen LogP contribution in [0.2, 0.25) is 0 Å². The molecule has 3 heteroatoms. The molecule has 19 heavy (non-hydrogen) atoms. The second-order valence-electron chi connectivity index (χ2n) is 5.22. The lowest BCUT2D eigenvalue weighted by Crippen LogP contribution is -2.38. The zero-order valence-corrected chi connectivity index (χ0v) is 11.8. The van der Waals surface area contributed by atoms with Crippen molar-refractivity contribution in [2.45, 2.75) is 51.7 Å². The molecule has 0 bridgehead atoms. The van der Waals surface area contributed by atoms with Crippen molar-refractivity contribution in [3.05, 3.63) is 24.3 Å². The number of rotatable bonds is 5. The maximum Gasteiger partial charge on any atom is 0.125 e. The Bertz CT molecular complexity index is 374. The van der Waals surface area contributed by atoms with Gasteiger partial charge in [0.2, 0.25) is 0 Å². The molecule has 0 aliphatic heterocycles. The van der Waals surface area contributed by atoms with Gasteiger partial charge in [0.1, 0.15) is 17.6 Å². The lowest BCUT2D eigenvalue weighted by molar-refractivity contribution is -0.0109. The molecule has 3 atom stereocenters. The molecule has 1 aromatic carbocycles. The fourth-order valence-corrected chi connectivity index (χ4v) is 2.65. The zero-order chi connectivity index (χ0) is 13.7. The van der Waals surface area contributed by atoms with E-state index in [0.717, 1.165) is 37.2 Å². The summed E-state index contributed by atoms with van der Waals surface area (Å²) in [6.45, 7) is 4.84. The molecule has 3 unspecified atom stereocenters. The molecule has 1 aromatic rings. The molecule has 1 aliphatic rings. The van der Waals surface area contributed by atoms with Crippen LogP contribution in [0, 0.1) is 5.92 Å². The van der Waals surface area contributed by atoms with E-state index in [4.69, 9.17) is 9.47 Å². The summed E-state index contributed by atoms with van der Waals surface area (Å²) in [5.74, 6) is 2.34. The van der Waals surface area contributed by atoms with Crippen LogP contribution in [0.5, 0.6) is 11.5 Å². The molecule has 0 amide bonds. The number of benzene rings is 1. The van der Waals surface area contributed by atoms with Crippen LogP contribution in [0.4, 0.5) is 0 Å². The summed E-state index contributed by atoms with van der Waals surface area (Å²) in [4.78, 5) is 0. The predicted octanol–water partition coefficient (Wildman–Crippen LogP) is 3.40. The zero-order valence-electron chi connectivity index (χ0n) is 11.8. The van der Waals surface area contributed by atoms with Gasteiger partial charge in [-0.05, 0) is 56.4 Å². The molecule has 1 aliphatic carbocycles. The second-order valence-corrected chi connectivity index (χ2v) is 5.22. The molecule has 1 saturated carbocycles. The highest BCUT2D eigenvalue weighted by atomic mass is 16.5. The van der Waals surface area contributed by atoms with Crippen molar-refractivity contribution in [2.24, 2.45) is 5.92 Å². The van der Waals surface area contributed by atoms with E-state index in [0.29, 0.717) is 12.5 Å². The van der Waals surface area contributed by atoms with Gasteiger partial charge in [0, 0.05) is 0 Å². The van der Waals surface area contributed by atoms with Crippen molar-refractivity contribution >= 4 is 0 Å². The molecule has 3 nitrogen and oxygen atoms in total. The minimum absolute atomic E-state index is 0.0726. The molecular weight excluding hydrogens is 240 g/mol. The van der Waals surface area contributed by atoms with E-state index in [9.17, 15) is 5.11 Å². The van der Waals surface area contributed by atoms with Crippen molar-refractivity contribution in [1.29, 1.82) is 0 Å². The van der Waals surface area contributed by atoms with Gasteiger partial charge in [0.15, 0.2) is 0 Å².